The normalized spacial score (nSPS) is 17.8. The van der Waals surface area contributed by atoms with Crippen molar-refractivity contribution in [3.8, 4) is 11.5 Å². The highest BCUT2D eigenvalue weighted by Gasteiger charge is 2.18. The van der Waals surface area contributed by atoms with E-state index in [4.69, 9.17) is 9.47 Å². The molecule has 4 nitrogen and oxygen atoms in total. The molecule has 2 aromatic rings. The molecule has 1 atom stereocenters. The Hall–Kier alpha value is -2.37. The lowest BCUT2D eigenvalue weighted by Gasteiger charge is -2.27. The lowest BCUT2D eigenvalue weighted by atomic mass is 9.99. The summed E-state index contributed by atoms with van der Waals surface area (Å²) in [6.07, 6.45) is 3.28. The van der Waals surface area contributed by atoms with E-state index in [1.165, 1.54) is 17.7 Å². The molecular weight excluding hydrogens is 333 g/mol. The first-order chi connectivity index (χ1) is 12.7. The molecule has 0 fully saturated rings. The smallest absolute Gasteiger partial charge is 0.231 e. The molecule has 26 heavy (non-hydrogen) atoms. The zero-order valence-electron chi connectivity index (χ0n) is 14.5. The van der Waals surface area contributed by atoms with Crippen LogP contribution in [0.1, 0.15) is 30.1 Å². The van der Waals surface area contributed by atoms with Crippen molar-refractivity contribution in [2.75, 3.05) is 26.4 Å². The Balaban J connectivity index is 1.31. The molecule has 0 radical (unpaired) electrons. The van der Waals surface area contributed by atoms with Crippen molar-refractivity contribution in [1.29, 1.82) is 0 Å². The van der Waals surface area contributed by atoms with Crippen LogP contribution < -0.4 is 9.47 Å². The van der Waals surface area contributed by atoms with Crippen molar-refractivity contribution >= 4 is 5.57 Å². The third-order valence-electron chi connectivity index (χ3n) is 5.01. The van der Waals surface area contributed by atoms with Crippen molar-refractivity contribution in [3.63, 3.8) is 0 Å². The number of fused-ring (bicyclic) bond motifs is 1. The molecule has 2 heterocycles. The van der Waals surface area contributed by atoms with E-state index in [0.717, 1.165) is 42.9 Å². The number of hydrogen-bond donors (Lipinski definition) is 1. The summed E-state index contributed by atoms with van der Waals surface area (Å²) in [6, 6.07) is 12.3. The van der Waals surface area contributed by atoms with E-state index in [-0.39, 0.29) is 12.6 Å². The average Bonchev–Trinajstić information content (AvgIpc) is 3.15. The van der Waals surface area contributed by atoms with Gasteiger partial charge >= 0.3 is 0 Å². The predicted molar refractivity (Wildman–Crippen MR) is 97.6 cm³/mol. The second kappa shape index (κ2) is 7.48. The number of halogens is 1. The van der Waals surface area contributed by atoms with Gasteiger partial charge in [0.15, 0.2) is 11.5 Å². The molecule has 0 aliphatic carbocycles. The van der Waals surface area contributed by atoms with Crippen LogP contribution in [-0.2, 0) is 0 Å². The lowest BCUT2D eigenvalue weighted by Crippen LogP contribution is -2.30. The Morgan fingerprint density at radius 2 is 1.88 bits per heavy atom. The van der Waals surface area contributed by atoms with Gasteiger partial charge in [0.05, 0.1) is 6.10 Å². The summed E-state index contributed by atoms with van der Waals surface area (Å²) in [5.41, 5.74) is 3.21. The van der Waals surface area contributed by atoms with Crippen LogP contribution in [-0.4, -0.2) is 36.4 Å². The van der Waals surface area contributed by atoms with Crippen molar-refractivity contribution in [2.45, 2.75) is 18.9 Å². The molecule has 136 valence electrons. The van der Waals surface area contributed by atoms with Crippen molar-refractivity contribution in [1.82, 2.24) is 4.90 Å². The standard InChI is InChI=1S/C21H22FNO3/c22-18-4-1-15(2-5-18)16-7-10-23(11-8-16)12-9-19(24)17-3-6-20-21(13-17)26-14-25-20/h1-7,13,19,24H,8-12,14H2. The number of nitrogens with zero attached hydrogens (tertiary/aromatic N) is 1. The molecule has 1 unspecified atom stereocenters. The summed E-state index contributed by atoms with van der Waals surface area (Å²) in [5, 5.41) is 10.5. The van der Waals surface area contributed by atoms with Gasteiger partial charge in [-0.15, -0.1) is 0 Å². The fourth-order valence-corrected chi connectivity index (χ4v) is 3.43. The molecule has 2 aliphatic rings. The van der Waals surface area contributed by atoms with E-state index in [9.17, 15) is 9.50 Å². The fraction of sp³-hybridized carbons (Fsp3) is 0.333. The van der Waals surface area contributed by atoms with Gasteiger partial charge in [-0.05, 0) is 53.8 Å². The second-order valence-electron chi connectivity index (χ2n) is 6.70. The maximum absolute atomic E-state index is 13.0. The van der Waals surface area contributed by atoms with E-state index in [1.54, 1.807) is 0 Å². The SMILES string of the molecule is OC(CCN1CC=C(c2ccc(F)cc2)CC1)c1ccc2c(c1)OCO2. The molecule has 0 spiro atoms. The third kappa shape index (κ3) is 3.74. The van der Waals surface area contributed by atoms with Gasteiger partial charge in [-0.25, -0.2) is 4.39 Å². The van der Waals surface area contributed by atoms with E-state index >= 15 is 0 Å². The van der Waals surface area contributed by atoms with Gasteiger partial charge in [0, 0.05) is 19.6 Å². The Morgan fingerprint density at radius 1 is 1.08 bits per heavy atom. The Bertz CT molecular complexity index is 803. The zero-order valence-corrected chi connectivity index (χ0v) is 14.5. The summed E-state index contributed by atoms with van der Waals surface area (Å²) in [5.74, 6) is 1.23. The molecule has 2 aliphatic heterocycles. The minimum Gasteiger partial charge on any atom is -0.454 e. The molecular formula is C21H22FNO3. The zero-order chi connectivity index (χ0) is 17.9. The van der Waals surface area contributed by atoms with Gasteiger partial charge in [-0.3, -0.25) is 4.90 Å². The number of aliphatic hydroxyl groups is 1. The number of rotatable bonds is 5. The van der Waals surface area contributed by atoms with Gasteiger partial charge in [-0.2, -0.15) is 0 Å². The number of benzene rings is 2. The number of hydrogen-bond acceptors (Lipinski definition) is 4. The Labute approximate surface area is 152 Å². The number of ether oxygens (including phenoxy) is 2. The average molecular weight is 355 g/mol. The van der Waals surface area contributed by atoms with Crippen LogP contribution in [0.2, 0.25) is 0 Å². The fourth-order valence-electron chi connectivity index (χ4n) is 3.43. The van der Waals surface area contributed by atoms with Crippen LogP contribution in [0, 0.1) is 5.82 Å². The van der Waals surface area contributed by atoms with Crippen LogP contribution in [0.15, 0.2) is 48.5 Å². The highest BCUT2D eigenvalue weighted by molar-refractivity contribution is 5.66. The number of aliphatic hydroxyl groups excluding tert-OH is 1. The first kappa shape index (κ1) is 17.1. The molecule has 5 heteroatoms. The third-order valence-corrected chi connectivity index (χ3v) is 5.01. The topological polar surface area (TPSA) is 41.9 Å². The first-order valence-electron chi connectivity index (χ1n) is 8.94. The molecule has 0 saturated carbocycles. The summed E-state index contributed by atoms with van der Waals surface area (Å²) in [6.45, 7) is 2.85. The van der Waals surface area contributed by atoms with Gasteiger partial charge in [0.2, 0.25) is 6.79 Å². The predicted octanol–water partition coefficient (Wildman–Crippen LogP) is 3.77. The lowest BCUT2D eigenvalue weighted by molar-refractivity contribution is 0.144. The molecule has 1 N–H and O–H groups in total. The quantitative estimate of drug-likeness (QED) is 0.887. The molecule has 4 rings (SSSR count). The Morgan fingerprint density at radius 3 is 2.65 bits per heavy atom. The largest absolute Gasteiger partial charge is 0.454 e. The summed E-state index contributed by atoms with van der Waals surface area (Å²) in [7, 11) is 0. The summed E-state index contributed by atoms with van der Waals surface area (Å²) < 4.78 is 23.7. The van der Waals surface area contributed by atoms with Crippen LogP contribution in [0.3, 0.4) is 0 Å². The Kier molecular flexibility index (Phi) is 4.91. The van der Waals surface area contributed by atoms with Crippen LogP contribution >= 0.6 is 0 Å². The van der Waals surface area contributed by atoms with E-state index < -0.39 is 6.10 Å². The highest BCUT2D eigenvalue weighted by Crippen LogP contribution is 2.35. The monoisotopic (exact) mass is 355 g/mol. The van der Waals surface area contributed by atoms with Gasteiger partial charge in [0.25, 0.3) is 0 Å². The van der Waals surface area contributed by atoms with Crippen LogP contribution in [0.25, 0.3) is 5.57 Å². The van der Waals surface area contributed by atoms with E-state index in [1.807, 2.05) is 30.3 Å². The first-order valence-corrected chi connectivity index (χ1v) is 8.94. The van der Waals surface area contributed by atoms with E-state index in [2.05, 4.69) is 11.0 Å². The molecule has 0 amide bonds. The maximum Gasteiger partial charge on any atom is 0.231 e. The molecule has 0 aromatic heterocycles. The van der Waals surface area contributed by atoms with Crippen LogP contribution in [0.5, 0.6) is 11.5 Å². The molecule has 0 bridgehead atoms. The van der Waals surface area contributed by atoms with Crippen molar-refractivity contribution in [3.05, 3.63) is 65.5 Å². The molecule has 2 aromatic carbocycles. The van der Waals surface area contributed by atoms with Gasteiger partial charge < -0.3 is 14.6 Å². The van der Waals surface area contributed by atoms with Crippen LogP contribution in [0.4, 0.5) is 4.39 Å². The van der Waals surface area contributed by atoms with Crippen molar-refractivity contribution < 1.29 is 19.0 Å². The maximum atomic E-state index is 13.0. The summed E-state index contributed by atoms with van der Waals surface area (Å²) >= 11 is 0. The van der Waals surface area contributed by atoms with Gasteiger partial charge in [-0.1, -0.05) is 24.3 Å². The highest BCUT2D eigenvalue weighted by atomic mass is 19.1. The molecule has 0 saturated heterocycles. The van der Waals surface area contributed by atoms with Gasteiger partial charge in [0.1, 0.15) is 5.82 Å². The minimum atomic E-state index is -0.521. The van der Waals surface area contributed by atoms with Crippen molar-refractivity contribution in [2.24, 2.45) is 0 Å². The second-order valence-corrected chi connectivity index (χ2v) is 6.70. The minimum absolute atomic E-state index is 0.204. The summed E-state index contributed by atoms with van der Waals surface area (Å²) in [4.78, 5) is 2.32. The van der Waals surface area contributed by atoms with E-state index in [0.29, 0.717) is 12.2 Å².